The van der Waals surface area contributed by atoms with Gasteiger partial charge in [0.25, 0.3) is 0 Å². The molecule has 130 valence electrons. The van der Waals surface area contributed by atoms with Crippen LogP contribution in [0.4, 0.5) is 8.78 Å². The molecule has 0 amide bonds. The van der Waals surface area contributed by atoms with Gasteiger partial charge in [0.05, 0.1) is 0 Å². The number of hydrogen-bond acceptors (Lipinski definition) is 0. The Morgan fingerprint density at radius 2 is 1.64 bits per heavy atom. The Labute approximate surface area is 147 Å². The Bertz CT molecular complexity index is 857. The van der Waals surface area contributed by atoms with E-state index in [1.807, 2.05) is 24.3 Å². The highest BCUT2D eigenvalue weighted by Gasteiger charge is 2.18. The molecular weight excluding hydrogens is 316 g/mol. The van der Waals surface area contributed by atoms with Gasteiger partial charge in [-0.15, -0.1) is 0 Å². The van der Waals surface area contributed by atoms with Crippen molar-refractivity contribution in [2.45, 2.75) is 33.6 Å². The van der Waals surface area contributed by atoms with Crippen molar-refractivity contribution >= 4 is 0 Å². The Morgan fingerprint density at radius 3 is 2.32 bits per heavy atom. The van der Waals surface area contributed by atoms with Crippen molar-refractivity contribution in [1.29, 1.82) is 0 Å². The summed E-state index contributed by atoms with van der Waals surface area (Å²) in [5, 5.41) is 0. The normalized spacial score (nSPS) is 11.7. The van der Waals surface area contributed by atoms with Crippen molar-refractivity contribution in [2.75, 3.05) is 0 Å². The van der Waals surface area contributed by atoms with Gasteiger partial charge in [-0.25, -0.2) is 8.78 Å². The lowest BCUT2D eigenvalue weighted by Crippen LogP contribution is -2.10. The van der Waals surface area contributed by atoms with Crippen molar-refractivity contribution in [1.82, 2.24) is 4.98 Å². The van der Waals surface area contributed by atoms with E-state index in [0.717, 1.165) is 30.2 Å². The highest BCUT2D eigenvalue weighted by atomic mass is 19.1. The summed E-state index contributed by atoms with van der Waals surface area (Å²) in [5.41, 5.74) is 4.39. The highest BCUT2D eigenvalue weighted by molar-refractivity contribution is 5.62. The quantitative estimate of drug-likeness (QED) is 0.588. The molecule has 0 bridgehead atoms. The molecule has 2 aromatic carbocycles. The van der Waals surface area contributed by atoms with Gasteiger partial charge in [0.15, 0.2) is 0 Å². The first kappa shape index (κ1) is 17.4. The predicted molar refractivity (Wildman–Crippen MR) is 98.6 cm³/mol. The fourth-order valence-electron chi connectivity index (χ4n) is 3.08. The van der Waals surface area contributed by atoms with E-state index in [2.05, 4.69) is 37.9 Å². The first-order chi connectivity index (χ1) is 11.8. The molecular formula is C22H23F2N. The van der Waals surface area contributed by atoms with Crippen LogP contribution in [0.1, 0.15) is 37.6 Å². The van der Waals surface area contributed by atoms with Crippen LogP contribution in [0.3, 0.4) is 0 Å². The van der Waals surface area contributed by atoms with Gasteiger partial charge in [0.1, 0.15) is 11.6 Å². The Morgan fingerprint density at radius 1 is 0.920 bits per heavy atom. The van der Waals surface area contributed by atoms with E-state index in [1.54, 1.807) is 0 Å². The van der Waals surface area contributed by atoms with Crippen molar-refractivity contribution in [2.24, 2.45) is 5.41 Å². The van der Waals surface area contributed by atoms with Gasteiger partial charge >= 0.3 is 0 Å². The number of benzene rings is 2. The number of halogens is 2. The second kappa shape index (κ2) is 6.83. The first-order valence-electron chi connectivity index (χ1n) is 8.52. The maximum absolute atomic E-state index is 14.2. The molecule has 0 unspecified atom stereocenters. The maximum Gasteiger partial charge on any atom is 0.132 e. The van der Waals surface area contributed by atoms with Gasteiger partial charge in [-0.05, 0) is 47.2 Å². The van der Waals surface area contributed by atoms with Gasteiger partial charge < -0.3 is 4.98 Å². The van der Waals surface area contributed by atoms with Crippen LogP contribution in [0, 0.1) is 17.0 Å². The summed E-state index contributed by atoms with van der Waals surface area (Å²) in [7, 11) is 0. The third-order valence-corrected chi connectivity index (χ3v) is 4.15. The molecule has 1 heterocycles. The zero-order chi connectivity index (χ0) is 18.0. The van der Waals surface area contributed by atoms with E-state index in [0.29, 0.717) is 5.69 Å². The predicted octanol–water partition coefficient (Wildman–Crippen LogP) is 6.14. The monoisotopic (exact) mass is 339 g/mol. The number of hydrogen-bond donors (Lipinski definition) is 1. The van der Waals surface area contributed by atoms with E-state index in [1.165, 1.54) is 17.7 Å². The topological polar surface area (TPSA) is 15.8 Å². The Hall–Kier alpha value is -2.42. The minimum atomic E-state index is -0.437. The van der Waals surface area contributed by atoms with Crippen LogP contribution in [0.2, 0.25) is 0 Å². The molecule has 3 aromatic rings. The molecule has 0 aliphatic heterocycles. The van der Waals surface area contributed by atoms with E-state index in [9.17, 15) is 8.78 Å². The molecule has 0 radical (unpaired) electrons. The largest absolute Gasteiger partial charge is 0.358 e. The fourth-order valence-corrected chi connectivity index (χ4v) is 3.08. The van der Waals surface area contributed by atoms with Gasteiger partial charge in [-0.1, -0.05) is 51.1 Å². The summed E-state index contributed by atoms with van der Waals surface area (Å²) in [4.78, 5) is 3.33. The van der Waals surface area contributed by atoms with Crippen molar-refractivity contribution in [3.63, 3.8) is 0 Å². The number of H-pyrrole nitrogens is 1. The lowest BCUT2D eigenvalue weighted by Gasteiger charge is -2.18. The molecule has 0 saturated carbocycles. The van der Waals surface area contributed by atoms with Crippen LogP contribution in [-0.4, -0.2) is 4.98 Å². The molecule has 3 heteroatoms. The van der Waals surface area contributed by atoms with E-state index in [4.69, 9.17) is 0 Å². The van der Waals surface area contributed by atoms with Crippen LogP contribution in [-0.2, 0) is 12.8 Å². The number of aromatic nitrogens is 1. The van der Waals surface area contributed by atoms with Gasteiger partial charge in [-0.3, -0.25) is 0 Å². The average molecular weight is 339 g/mol. The lowest BCUT2D eigenvalue weighted by atomic mass is 9.87. The molecule has 1 nitrogen and oxygen atoms in total. The average Bonchev–Trinajstić information content (AvgIpc) is 2.91. The minimum Gasteiger partial charge on any atom is -0.358 e. The zero-order valence-corrected chi connectivity index (χ0v) is 14.9. The summed E-state index contributed by atoms with van der Waals surface area (Å²) < 4.78 is 27.8. The zero-order valence-electron chi connectivity index (χ0n) is 14.9. The second-order valence-corrected chi connectivity index (χ2v) is 7.71. The minimum absolute atomic E-state index is 0.103. The molecule has 3 rings (SSSR count). The summed E-state index contributed by atoms with van der Waals surface area (Å²) in [6, 6.07) is 15.7. The molecule has 0 spiro atoms. The summed E-state index contributed by atoms with van der Waals surface area (Å²) in [6.07, 6.45) is 1.60. The smallest absolute Gasteiger partial charge is 0.132 e. The van der Waals surface area contributed by atoms with Gasteiger partial charge in [-0.2, -0.15) is 0 Å². The molecule has 1 aromatic heterocycles. The number of rotatable bonds is 4. The van der Waals surface area contributed by atoms with Gasteiger partial charge in [0.2, 0.25) is 0 Å². The molecule has 0 aliphatic rings. The van der Waals surface area contributed by atoms with Crippen LogP contribution in [0.5, 0.6) is 0 Å². The Kier molecular flexibility index (Phi) is 4.76. The van der Waals surface area contributed by atoms with Crippen molar-refractivity contribution < 1.29 is 8.78 Å². The van der Waals surface area contributed by atoms with E-state index < -0.39 is 11.6 Å². The van der Waals surface area contributed by atoms with Crippen LogP contribution < -0.4 is 0 Å². The standard InChI is InChI=1S/C22H23F2N/c1-22(2,3)14-16-12-21(18-13-17(23)9-10-19(18)24)25-20(16)11-15-7-5-4-6-8-15/h4-10,12-13,25H,11,14H2,1-3H3. The molecule has 25 heavy (non-hydrogen) atoms. The van der Waals surface area contributed by atoms with Crippen LogP contribution >= 0.6 is 0 Å². The lowest BCUT2D eigenvalue weighted by molar-refractivity contribution is 0.410. The summed E-state index contributed by atoms with van der Waals surface area (Å²) in [6.45, 7) is 6.53. The van der Waals surface area contributed by atoms with E-state index >= 15 is 0 Å². The second-order valence-electron chi connectivity index (χ2n) is 7.71. The summed E-state index contributed by atoms with van der Waals surface area (Å²) >= 11 is 0. The first-order valence-corrected chi connectivity index (χ1v) is 8.52. The highest BCUT2D eigenvalue weighted by Crippen LogP contribution is 2.30. The summed E-state index contributed by atoms with van der Waals surface area (Å²) in [5.74, 6) is -0.857. The number of nitrogens with one attached hydrogen (secondary N) is 1. The maximum atomic E-state index is 14.2. The van der Waals surface area contributed by atoms with Crippen LogP contribution in [0.25, 0.3) is 11.3 Å². The fraction of sp³-hybridized carbons (Fsp3) is 0.273. The van der Waals surface area contributed by atoms with Crippen LogP contribution in [0.15, 0.2) is 54.6 Å². The molecule has 1 N–H and O–H groups in total. The van der Waals surface area contributed by atoms with Crippen molar-refractivity contribution in [3.8, 4) is 11.3 Å². The van der Waals surface area contributed by atoms with Gasteiger partial charge in [0, 0.05) is 23.4 Å². The van der Waals surface area contributed by atoms with E-state index in [-0.39, 0.29) is 11.0 Å². The third kappa shape index (κ3) is 4.36. The number of aromatic amines is 1. The molecule has 0 saturated heterocycles. The van der Waals surface area contributed by atoms with Crippen molar-refractivity contribution in [3.05, 3.63) is 83.1 Å². The Balaban J connectivity index is 2.03. The SMILES string of the molecule is CC(C)(C)Cc1cc(-c2cc(F)ccc2F)[nH]c1Cc1ccccc1. The molecule has 0 atom stereocenters. The molecule has 0 aliphatic carbocycles. The third-order valence-electron chi connectivity index (χ3n) is 4.15. The molecule has 0 fully saturated rings.